The molecule has 5 aromatic rings. The van der Waals surface area contributed by atoms with Crippen LogP contribution in [0.1, 0.15) is 17.4 Å². The molecule has 5 rings (SSSR count). The van der Waals surface area contributed by atoms with E-state index in [4.69, 9.17) is 9.72 Å². The summed E-state index contributed by atoms with van der Waals surface area (Å²) in [6.45, 7) is 0. The molecule has 1 unspecified atom stereocenters. The second-order valence-electron chi connectivity index (χ2n) is 7.68. The summed E-state index contributed by atoms with van der Waals surface area (Å²) in [6.07, 6.45) is 3.97. The molecular formula is C25H23N7O2. The number of pyridine rings is 1. The molecular weight excluding hydrogens is 430 g/mol. The normalized spacial score (nSPS) is 11.8. The zero-order chi connectivity index (χ0) is 23.3. The van der Waals surface area contributed by atoms with E-state index in [0.29, 0.717) is 23.9 Å². The minimum absolute atomic E-state index is 0.384. The van der Waals surface area contributed by atoms with Crippen LogP contribution in [0.25, 0.3) is 16.9 Å². The summed E-state index contributed by atoms with van der Waals surface area (Å²) in [5, 5.41) is 10.2. The molecule has 0 radical (unpaired) electrons. The van der Waals surface area contributed by atoms with Crippen molar-refractivity contribution in [2.24, 2.45) is 0 Å². The summed E-state index contributed by atoms with van der Waals surface area (Å²) >= 11 is 0. The van der Waals surface area contributed by atoms with Crippen LogP contribution in [0.3, 0.4) is 0 Å². The molecule has 0 spiro atoms. The van der Waals surface area contributed by atoms with Crippen molar-refractivity contribution in [3.05, 3.63) is 96.6 Å². The molecule has 9 heteroatoms. The van der Waals surface area contributed by atoms with Gasteiger partial charge in [-0.05, 0) is 48.4 Å². The van der Waals surface area contributed by atoms with Gasteiger partial charge < -0.3 is 15.0 Å². The number of aromatic nitrogens is 5. The number of hydrogen-bond acceptors (Lipinski definition) is 5. The van der Waals surface area contributed by atoms with E-state index in [1.807, 2.05) is 66.7 Å². The number of H-pyrrole nitrogens is 1. The maximum atomic E-state index is 12.9. The average molecular weight is 454 g/mol. The van der Waals surface area contributed by atoms with Crippen molar-refractivity contribution in [3.63, 3.8) is 0 Å². The number of amides is 2. The minimum Gasteiger partial charge on any atom is -0.497 e. The number of nitrogens with zero attached hydrogens (tertiary/aromatic N) is 4. The Hall–Kier alpha value is -4.66. The zero-order valence-corrected chi connectivity index (χ0v) is 18.5. The molecule has 0 fully saturated rings. The molecule has 2 amide bonds. The number of ether oxygens (including phenoxy) is 1. The van der Waals surface area contributed by atoms with Crippen LogP contribution < -0.4 is 15.4 Å². The van der Waals surface area contributed by atoms with Crippen LogP contribution in [0.4, 0.5) is 10.6 Å². The summed E-state index contributed by atoms with van der Waals surface area (Å²) in [7, 11) is 1.63. The Morgan fingerprint density at radius 2 is 1.88 bits per heavy atom. The van der Waals surface area contributed by atoms with Crippen LogP contribution in [-0.4, -0.2) is 37.9 Å². The van der Waals surface area contributed by atoms with Crippen molar-refractivity contribution in [1.82, 2.24) is 30.0 Å². The van der Waals surface area contributed by atoms with Crippen molar-refractivity contribution in [2.45, 2.75) is 12.5 Å². The largest absolute Gasteiger partial charge is 0.497 e. The van der Waals surface area contributed by atoms with E-state index in [1.54, 1.807) is 30.3 Å². The molecule has 170 valence electrons. The summed E-state index contributed by atoms with van der Waals surface area (Å²) in [4.78, 5) is 25.2. The van der Waals surface area contributed by atoms with Crippen molar-refractivity contribution in [3.8, 4) is 11.6 Å². The highest BCUT2D eigenvalue weighted by Crippen LogP contribution is 2.22. The average Bonchev–Trinajstić information content (AvgIpc) is 3.52. The molecule has 0 saturated heterocycles. The lowest BCUT2D eigenvalue weighted by Gasteiger charge is -2.17. The quantitative estimate of drug-likeness (QED) is 0.341. The first-order chi connectivity index (χ1) is 16.7. The number of hydrogen-bond donors (Lipinski definition) is 3. The summed E-state index contributed by atoms with van der Waals surface area (Å²) < 4.78 is 6.85. The fraction of sp³-hybridized carbons (Fsp3) is 0.120. The van der Waals surface area contributed by atoms with Gasteiger partial charge in [-0.2, -0.15) is 0 Å². The fourth-order valence-corrected chi connectivity index (χ4v) is 3.67. The third-order valence-corrected chi connectivity index (χ3v) is 5.36. The monoisotopic (exact) mass is 453 g/mol. The van der Waals surface area contributed by atoms with Gasteiger partial charge in [-0.1, -0.05) is 30.3 Å². The second-order valence-corrected chi connectivity index (χ2v) is 7.68. The summed E-state index contributed by atoms with van der Waals surface area (Å²) in [5.41, 5.74) is 2.79. The molecule has 0 saturated carbocycles. The third-order valence-electron chi connectivity index (χ3n) is 5.36. The standard InChI is InChI=1S/C25H23N7O2/c1-34-18-11-9-17(10-12-18)16-21(24-27-19-6-2-3-7-20(19)28-24)29-25(33)30-22-13-15-32(31-22)23-8-4-5-14-26-23/h2-15,21H,16H2,1H3,(H,27,28)(H2,29,30,31,33). The zero-order valence-electron chi connectivity index (χ0n) is 18.5. The number of rotatable bonds is 7. The van der Waals surface area contributed by atoms with E-state index in [-0.39, 0.29) is 6.03 Å². The van der Waals surface area contributed by atoms with Crippen LogP contribution in [-0.2, 0) is 6.42 Å². The third kappa shape index (κ3) is 4.73. The number of benzene rings is 2. The Kier molecular flexibility index (Phi) is 5.89. The van der Waals surface area contributed by atoms with Gasteiger partial charge in [-0.15, -0.1) is 5.10 Å². The predicted octanol–water partition coefficient (Wildman–Crippen LogP) is 4.26. The van der Waals surface area contributed by atoms with Crippen molar-refractivity contribution < 1.29 is 9.53 Å². The van der Waals surface area contributed by atoms with Gasteiger partial charge in [-0.3, -0.25) is 5.32 Å². The van der Waals surface area contributed by atoms with E-state index in [9.17, 15) is 4.79 Å². The van der Waals surface area contributed by atoms with E-state index < -0.39 is 6.04 Å². The number of nitrogens with one attached hydrogen (secondary N) is 3. The molecule has 0 bridgehead atoms. The number of anilines is 1. The van der Waals surface area contributed by atoms with Gasteiger partial charge in [0.1, 0.15) is 11.6 Å². The van der Waals surface area contributed by atoms with Crippen LogP contribution in [0.5, 0.6) is 5.75 Å². The molecule has 0 aliphatic carbocycles. The van der Waals surface area contributed by atoms with Gasteiger partial charge in [0.25, 0.3) is 0 Å². The van der Waals surface area contributed by atoms with Gasteiger partial charge in [0, 0.05) is 18.5 Å². The molecule has 9 nitrogen and oxygen atoms in total. The van der Waals surface area contributed by atoms with Gasteiger partial charge >= 0.3 is 6.03 Å². The number of methoxy groups -OCH3 is 1. The van der Waals surface area contributed by atoms with E-state index in [0.717, 1.165) is 22.3 Å². The van der Waals surface area contributed by atoms with Gasteiger partial charge in [0.05, 0.1) is 24.2 Å². The molecule has 0 aliphatic heterocycles. The highest BCUT2D eigenvalue weighted by molar-refractivity contribution is 5.88. The summed E-state index contributed by atoms with van der Waals surface area (Å²) in [5.74, 6) is 2.52. The first kappa shape index (κ1) is 21.2. The molecule has 34 heavy (non-hydrogen) atoms. The lowest BCUT2D eigenvalue weighted by molar-refractivity contribution is 0.248. The Morgan fingerprint density at radius 3 is 2.65 bits per heavy atom. The molecule has 3 aromatic heterocycles. The number of para-hydroxylation sites is 2. The van der Waals surface area contributed by atoms with Crippen molar-refractivity contribution >= 4 is 22.9 Å². The predicted molar refractivity (Wildman–Crippen MR) is 129 cm³/mol. The Morgan fingerprint density at radius 1 is 1.06 bits per heavy atom. The molecule has 3 N–H and O–H groups in total. The van der Waals surface area contributed by atoms with E-state index in [1.165, 1.54) is 0 Å². The second kappa shape index (κ2) is 9.45. The Balaban J connectivity index is 1.35. The number of urea groups is 1. The van der Waals surface area contributed by atoms with E-state index in [2.05, 4.69) is 25.7 Å². The lowest BCUT2D eigenvalue weighted by Crippen LogP contribution is -2.34. The fourth-order valence-electron chi connectivity index (χ4n) is 3.67. The first-order valence-electron chi connectivity index (χ1n) is 10.8. The maximum Gasteiger partial charge on any atom is 0.321 e. The molecule has 3 heterocycles. The summed E-state index contributed by atoms with van der Waals surface area (Å²) in [6, 6.07) is 22.0. The minimum atomic E-state index is -0.390. The number of aromatic amines is 1. The smallest absolute Gasteiger partial charge is 0.321 e. The topological polar surface area (TPSA) is 110 Å². The Labute approximate surface area is 195 Å². The van der Waals surface area contributed by atoms with Gasteiger partial charge in [0.15, 0.2) is 11.6 Å². The molecule has 1 atom stereocenters. The number of imidazole rings is 1. The Bertz CT molecular complexity index is 1360. The van der Waals surface area contributed by atoms with Crippen LogP contribution in [0.15, 0.2) is 85.2 Å². The number of carbonyl (C=O) groups excluding carboxylic acids is 1. The van der Waals surface area contributed by atoms with Crippen LogP contribution in [0, 0.1) is 0 Å². The highest BCUT2D eigenvalue weighted by Gasteiger charge is 2.20. The molecule has 2 aromatic carbocycles. The highest BCUT2D eigenvalue weighted by atomic mass is 16.5. The molecule has 0 aliphatic rings. The van der Waals surface area contributed by atoms with Crippen molar-refractivity contribution in [1.29, 1.82) is 0 Å². The first-order valence-corrected chi connectivity index (χ1v) is 10.8. The van der Waals surface area contributed by atoms with Gasteiger partial charge in [0.2, 0.25) is 0 Å². The van der Waals surface area contributed by atoms with Gasteiger partial charge in [-0.25, -0.2) is 19.4 Å². The SMILES string of the molecule is COc1ccc(CC(NC(=O)Nc2ccn(-c3ccccn3)n2)c2nc3ccccc3[nH]2)cc1. The maximum absolute atomic E-state index is 12.9. The van der Waals surface area contributed by atoms with Crippen molar-refractivity contribution in [2.75, 3.05) is 12.4 Å². The van der Waals surface area contributed by atoms with E-state index >= 15 is 0 Å². The number of fused-ring (bicyclic) bond motifs is 1. The number of carbonyl (C=O) groups is 1. The van der Waals surface area contributed by atoms with Crippen LogP contribution >= 0.6 is 0 Å². The van der Waals surface area contributed by atoms with Crippen LogP contribution in [0.2, 0.25) is 0 Å². The lowest BCUT2D eigenvalue weighted by atomic mass is 10.1.